The van der Waals surface area contributed by atoms with Crippen molar-refractivity contribution in [3.05, 3.63) is 44.9 Å². The highest BCUT2D eigenvalue weighted by Gasteiger charge is 2.64. The number of sulfonamides is 1. The highest BCUT2D eigenvalue weighted by Crippen LogP contribution is 2.25. The largest absolute Gasteiger partial charge is 0.522 e. The number of nitrogens with one attached hydrogen (secondary N) is 2. The molecule has 0 radical (unpaired) electrons. The summed E-state index contributed by atoms with van der Waals surface area (Å²) in [5.41, 5.74) is 1.06. The van der Waals surface area contributed by atoms with Gasteiger partial charge in [0.1, 0.15) is 4.92 Å². The average Bonchev–Trinajstić information content (AvgIpc) is 2.59. The summed E-state index contributed by atoms with van der Waals surface area (Å²) in [5.74, 6) is -1.02. The first kappa shape index (κ1) is 21.2. The first-order chi connectivity index (χ1) is 12.5. The molecule has 0 aromatic heterocycles. The lowest BCUT2D eigenvalue weighted by Crippen LogP contribution is -2.64. The van der Waals surface area contributed by atoms with Gasteiger partial charge in [-0.05, 0) is 32.9 Å². The maximum Gasteiger partial charge on any atom is 0.522 e. The van der Waals surface area contributed by atoms with Crippen molar-refractivity contribution < 1.29 is 27.7 Å². The first-order valence-electron chi connectivity index (χ1n) is 8.18. The molecule has 1 aromatic rings. The quantitative estimate of drug-likeness (QED) is 0.208. The third-order valence-corrected chi connectivity index (χ3v) is 5.50. The second kappa shape index (κ2) is 7.84. The fourth-order valence-corrected chi connectivity index (χ4v) is 3.28. The molecule has 0 saturated carbocycles. The van der Waals surface area contributed by atoms with Gasteiger partial charge in [-0.1, -0.05) is 17.7 Å². The van der Waals surface area contributed by atoms with E-state index >= 15 is 0 Å². The second-order valence-corrected chi connectivity index (χ2v) is 8.40. The SMILES string of the molecule is Cc1ccc(S(=O)(=O)NCCN[N+](=O)C2([N+](=O)[O-])COC(C)(C)OC2)cc1. The van der Waals surface area contributed by atoms with Gasteiger partial charge in [0.15, 0.2) is 23.9 Å². The van der Waals surface area contributed by atoms with Crippen molar-refractivity contribution >= 4 is 10.0 Å². The van der Waals surface area contributed by atoms with Crippen LogP contribution in [0.4, 0.5) is 0 Å². The van der Waals surface area contributed by atoms with Crippen molar-refractivity contribution in [3.8, 4) is 0 Å². The number of rotatable bonds is 8. The van der Waals surface area contributed by atoms with Gasteiger partial charge in [-0.25, -0.2) is 13.1 Å². The van der Waals surface area contributed by atoms with Crippen molar-refractivity contribution in [2.24, 2.45) is 0 Å². The summed E-state index contributed by atoms with van der Waals surface area (Å²) in [6, 6.07) is 6.26. The van der Waals surface area contributed by atoms with Crippen molar-refractivity contribution in [3.63, 3.8) is 0 Å². The molecule has 0 unspecified atom stereocenters. The van der Waals surface area contributed by atoms with Crippen LogP contribution in [-0.4, -0.2) is 56.0 Å². The Kier molecular flexibility index (Phi) is 6.14. The van der Waals surface area contributed by atoms with Gasteiger partial charge in [-0.3, -0.25) is 10.1 Å². The minimum absolute atomic E-state index is 0.0441. The Morgan fingerprint density at radius 1 is 1.11 bits per heavy atom. The fourth-order valence-electron chi connectivity index (χ4n) is 2.25. The molecule has 0 aliphatic carbocycles. The van der Waals surface area contributed by atoms with Crippen molar-refractivity contribution in [2.45, 2.75) is 37.1 Å². The maximum absolute atomic E-state index is 12.2. The van der Waals surface area contributed by atoms with Crippen LogP contribution in [0.25, 0.3) is 0 Å². The summed E-state index contributed by atoms with van der Waals surface area (Å²) in [4.78, 5) is 23.0. The van der Waals surface area contributed by atoms with Gasteiger partial charge in [-0.2, -0.15) is 0 Å². The number of nitro groups is 1. The lowest BCUT2D eigenvalue weighted by atomic mass is 10.2. The van der Waals surface area contributed by atoms with Crippen LogP contribution in [-0.2, 0) is 19.5 Å². The predicted octanol–water partition coefficient (Wildman–Crippen LogP) is 0.313. The summed E-state index contributed by atoms with van der Waals surface area (Å²) in [6.45, 7) is 3.75. The summed E-state index contributed by atoms with van der Waals surface area (Å²) >= 11 is 0. The minimum atomic E-state index is -3.74. The number of nitroso groups, excluding NO2 is 1. The Hall–Kier alpha value is -2.15. The summed E-state index contributed by atoms with van der Waals surface area (Å²) in [7, 11) is -3.74. The molecule has 0 spiro atoms. The van der Waals surface area contributed by atoms with E-state index in [1.807, 2.05) is 6.92 Å². The molecule has 11 nitrogen and oxygen atoms in total. The van der Waals surface area contributed by atoms with Crippen LogP contribution < -0.4 is 10.1 Å². The second-order valence-electron chi connectivity index (χ2n) is 6.63. The molecule has 2 rings (SSSR count). The molecule has 1 fully saturated rings. The molecule has 1 aromatic carbocycles. The van der Waals surface area contributed by atoms with Gasteiger partial charge in [0.05, 0.1) is 16.3 Å². The summed E-state index contributed by atoms with van der Waals surface area (Å²) in [6.07, 6.45) is 0. The van der Waals surface area contributed by atoms with Crippen LogP contribution in [0, 0.1) is 21.9 Å². The van der Waals surface area contributed by atoms with E-state index in [0.717, 1.165) is 5.56 Å². The zero-order valence-corrected chi connectivity index (χ0v) is 16.1. The molecule has 1 aliphatic heterocycles. The highest BCUT2D eigenvalue weighted by molar-refractivity contribution is 7.89. The molecule has 150 valence electrons. The molecule has 12 heteroatoms. The van der Waals surface area contributed by atoms with E-state index < -0.39 is 39.6 Å². The highest BCUT2D eigenvalue weighted by atomic mass is 32.2. The van der Waals surface area contributed by atoms with Gasteiger partial charge in [0.2, 0.25) is 10.0 Å². The monoisotopic (exact) mass is 403 g/mol. The summed E-state index contributed by atoms with van der Waals surface area (Å²) < 4.78 is 37.1. The number of hydrogen-bond acceptors (Lipinski definition) is 7. The zero-order valence-electron chi connectivity index (χ0n) is 15.3. The van der Waals surface area contributed by atoms with E-state index in [0.29, 0.717) is 0 Å². The number of benzene rings is 1. The number of aryl methyl sites for hydroxylation is 1. The lowest BCUT2D eigenvalue weighted by Gasteiger charge is -2.32. The zero-order chi connectivity index (χ0) is 20.3. The molecule has 27 heavy (non-hydrogen) atoms. The van der Waals surface area contributed by atoms with E-state index in [4.69, 9.17) is 9.47 Å². The normalized spacial score (nSPS) is 18.6. The molecule has 0 amide bonds. The van der Waals surface area contributed by atoms with E-state index in [-0.39, 0.29) is 22.9 Å². The number of hydrazine groups is 1. The van der Waals surface area contributed by atoms with Gasteiger partial charge in [-0.15, -0.1) is 5.43 Å². The van der Waals surface area contributed by atoms with Gasteiger partial charge in [0.25, 0.3) is 0 Å². The van der Waals surface area contributed by atoms with Crippen molar-refractivity contribution in [1.29, 1.82) is 0 Å². The molecule has 0 bridgehead atoms. The Balaban J connectivity index is 1.91. The smallest absolute Gasteiger partial charge is 0.335 e. The number of ether oxygens (including phenoxy) is 2. The first-order valence-corrected chi connectivity index (χ1v) is 9.66. The fraction of sp³-hybridized carbons (Fsp3) is 0.600. The van der Waals surface area contributed by atoms with Gasteiger partial charge < -0.3 is 9.47 Å². The Morgan fingerprint density at radius 3 is 2.19 bits per heavy atom. The van der Waals surface area contributed by atoms with Crippen LogP contribution in [0.5, 0.6) is 0 Å². The van der Waals surface area contributed by atoms with Gasteiger partial charge >= 0.3 is 5.66 Å². The van der Waals surface area contributed by atoms with Crippen LogP contribution in [0.1, 0.15) is 19.4 Å². The third-order valence-electron chi connectivity index (χ3n) is 4.02. The molecular formula is C15H23N4O7S+. The Morgan fingerprint density at radius 2 is 1.67 bits per heavy atom. The van der Waals surface area contributed by atoms with E-state index in [1.54, 1.807) is 26.0 Å². The number of hydrogen-bond donors (Lipinski definition) is 2. The average molecular weight is 403 g/mol. The topological polar surface area (TPSA) is 140 Å². The van der Waals surface area contributed by atoms with Crippen molar-refractivity contribution in [2.75, 3.05) is 26.3 Å². The van der Waals surface area contributed by atoms with Gasteiger partial charge in [0, 0.05) is 6.54 Å². The van der Waals surface area contributed by atoms with Crippen LogP contribution in [0.3, 0.4) is 0 Å². The molecule has 1 heterocycles. The van der Waals surface area contributed by atoms with E-state index in [9.17, 15) is 23.4 Å². The molecule has 1 aliphatic rings. The minimum Gasteiger partial charge on any atom is -0.335 e. The molecule has 0 atom stereocenters. The lowest BCUT2D eigenvalue weighted by molar-refractivity contribution is -0.858. The standard InChI is InChI=1S/C15H23N4O7S/c1-12-4-6-13(7-5-12)27(23,24)17-9-8-16-18(20)15(19(21)22)10-25-14(2,3)26-11-15/h4-7,17H,8-11H2,1-3H3,(H,16,20)/q+1. The van der Waals surface area contributed by atoms with Crippen LogP contribution in [0.2, 0.25) is 0 Å². The summed E-state index contributed by atoms with van der Waals surface area (Å²) in [5, 5.41) is 11.4. The van der Waals surface area contributed by atoms with E-state index in [2.05, 4.69) is 10.1 Å². The Bertz CT molecular complexity index is 798. The predicted molar refractivity (Wildman–Crippen MR) is 93.7 cm³/mol. The van der Waals surface area contributed by atoms with Crippen LogP contribution >= 0.6 is 0 Å². The number of nitrogens with zero attached hydrogens (tertiary/aromatic N) is 2. The molecular weight excluding hydrogens is 380 g/mol. The van der Waals surface area contributed by atoms with Crippen LogP contribution in [0.15, 0.2) is 29.2 Å². The maximum atomic E-state index is 12.2. The Labute approximate surface area is 156 Å². The van der Waals surface area contributed by atoms with Crippen molar-refractivity contribution in [1.82, 2.24) is 10.1 Å². The third kappa shape index (κ3) is 4.97. The van der Waals surface area contributed by atoms with E-state index in [1.165, 1.54) is 12.1 Å². The molecule has 1 saturated heterocycles. The molecule has 2 N–H and O–H groups in total.